The second kappa shape index (κ2) is 8.84. The molecule has 3 heterocycles. The van der Waals surface area contributed by atoms with Crippen LogP contribution in [0.1, 0.15) is 22.6 Å². The molecule has 0 aliphatic carbocycles. The number of carbonyl (C=O) groups excluding carboxylic acids is 1. The van der Waals surface area contributed by atoms with Gasteiger partial charge >= 0.3 is 6.09 Å². The van der Waals surface area contributed by atoms with Gasteiger partial charge in [0.1, 0.15) is 34.8 Å². The first-order chi connectivity index (χ1) is 16.0. The number of thiazole rings is 1. The Kier molecular flexibility index (Phi) is 5.74. The SMILES string of the molecule is COc1cc(C)ccc1-c1nc(C)c(NC(=O)OCc2ccc3c(c2)nc2n3CCOC2)s1. The minimum Gasteiger partial charge on any atom is -0.496 e. The third-order valence-corrected chi connectivity index (χ3v) is 6.66. The van der Waals surface area contributed by atoms with Crippen molar-refractivity contribution >= 4 is 33.5 Å². The highest BCUT2D eigenvalue weighted by Gasteiger charge is 2.17. The Hall–Kier alpha value is -3.43. The Morgan fingerprint density at radius 1 is 1.21 bits per heavy atom. The van der Waals surface area contributed by atoms with Gasteiger partial charge in [-0.25, -0.2) is 14.8 Å². The van der Waals surface area contributed by atoms with Crippen molar-refractivity contribution in [2.45, 2.75) is 33.6 Å². The molecule has 0 radical (unpaired) electrons. The fourth-order valence-corrected chi connectivity index (χ4v) is 4.86. The van der Waals surface area contributed by atoms with E-state index in [-0.39, 0.29) is 6.61 Å². The van der Waals surface area contributed by atoms with Crippen LogP contribution in [0.15, 0.2) is 36.4 Å². The smallest absolute Gasteiger partial charge is 0.412 e. The van der Waals surface area contributed by atoms with Crippen LogP contribution in [0.2, 0.25) is 0 Å². The molecule has 0 spiro atoms. The van der Waals surface area contributed by atoms with E-state index in [4.69, 9.17) is 14.2 Å². The molecule has 1 amide bonds. The number of anilines is 1. The van der Waals surface area contributed by atoms with Crippen LogP contribution in [-0.4, -0.2) is 34.3 Å². The maximum absolute atomic E-state index is 12.5. The molecule has 0 unspecified atom stereocenters. The zero-order valence-corrected chi connectivity index (χ0v) is 19.5. The molecule has 2 aromatic heterocycles. The number of carbonyl (C=O) groups is 1. The van der Waals surface area contributed by atoms with Gasteiger partial charge in [0.15, 0.2) is 0 Å². The summed E-state index contributed by atoms with van der Waals surface area (Å²) < 4.78 is 18.6. The second-order valence-corrected chi connectivity index (χ2v) is 8.89. The average Bonchev–Trinajstić information content (AvgIpc) is 3.37. The molecule has 5 rings (SSSR count). The summed E-state index contributed by atoms with van der Waals surface area (Å²) in [6.45, 7) is 6.03. The number of nitrogens with one attached hydrogen (secondary N) is 1. The molecule has 9 heteroatoms. The number of amides is 1. The first-order valence-corrected chi connectivity index (χ1v) is 11.5. The van der Waals surface area contributed by atoms with E-state index >= 15 is 0 Å². The molecule has 4 aromatic rings. The molecule has 1 aliphatic rings. The average molecular weight is 465 g/mol. The number of aryl methyl sites for hydroxylation is 2. The van der Waals surface area contributed by atoms with Crippen molar-refractivity contribution in [3.63, 3.8) is 0 Å². The predicted molar refractivity (Wildman–Crippen MR) is 127 cm³/mol. The number of rotatable bonds is 5. The molecule has 0 atom stereocenters. The molecule has 0 fully saturated rings. The van der Waals surface area contributed by atoms with Crippen LogP contribution in [0.25, 0.3) is 21.6 Å². The quantitative estimate of drug-likeness (QED) is 0.444. The highest BCUT2D eigenvalue weighted by molar-refractivity contribution is 7.19. The van der Waals surface area contributed by atoms with E-state index in [1.54, 1.807) is 7.11 Å². The van der Waals surface area contributed by atoms with E-state index < -0.39 is 6.09 Å². The topological polar surface area (TPSA) is 87.5 Å². The van der Waals surface area contributed by atoms with Crippen LogP contribution in [0, 0.1) is 13.8 Å². The Morgan fingerprint density at radius 3 is 2.94 bits per heavy atom. The van der Waals surface area contributed by atoms with E-state index in [0.717, 1.165) is 56.5 Å². The maximum Gasteiger partial charge on any atom is 0.412 e. The minimum atomic E-state index is -0.526. The molecule has 8 nitrogen and oxygen atoms in total. The van der Waals surface area contributed by atoms with Gasteiger partial charge in [-0.1, -0.05) is 23.5 Å². The van der Waals surface area contributed by atoms with Gasteiger partial charge in [-0.05, 0) is 49.2 Å². The monoisotopic (exact) mass is 464 g/mol. The zero-order valence-electron chi connectivity index (χ0n) is 18.7. The number of nitrogens with zero attached hydrogens (tertiary/aromatic N) is 3. The van der Waals surface area contributed by atoms with Crippen molar-refractivity contribution in [3.05, 3.63) is 59.0 Å². The molecular weight excluding hydrogens is 440 g/mol. The van der Waals surface area contributed by atoms with Crippen LogP contribution in [0.5, 0.6) is 5.75 Å². The van der Waals surface area contributed by atoms with Gasteiger partial charge in [-0.15, -0.1) is 0 Å². The summed E-state index contributed by atoms with van der Waals surface area (Å²) in [5, 5.41) is 4.24. The zero-order chi connectivity index (χ0) is 22.9. The van der Waals surface area contributed by atoms with Gasteiger partial charge in [0.05, 0.1) is 36.0 Å². The number of aromatic nitrogens is 3. The number of imidazole rings is 1. The van der Waals surface area contributed by atoms with Crippen molar-refractivity contribution in [2.75, 3.05) is 19.0 Å². The van der Waals surface area contributed by atoms with Crippen LogP contribution in [-0.2, 0) is 29.2 Å². The summed E-state index contributed by atoms with van der Waals surface area (Å²) in [5.74, 6) is 1.68. The van der Waals surface area contributed by atoms with E-state index in [1.807, 2.05) is 50.2 Å². The molecule has 0 bridgehead atoms. The summed E-state index contributed by atoms with van der Waals surface area (Å²) >= 11 is 1.39. The molecule has 2 aromatic carbocycles. The fourth-order valence-electron chi connectivity index (χ4n) is 3.87. The molecule has 1 aliphatic heterocycles. The van der Waals surface area contributed by atoms with E-state index in [9.17, 15) is 4.79 Å². The van der Waals surface area contributed by atoms with Crippen LogP contribution >= 0.6 is 11.3 Å². The van der Waals surface area contributed by atoms with Crippen molar-refractivity contribution in [1.29, 1.82) is 0 Å². The minimum absolute atomic E-state index is 0.150. The van der Waals surface area contributed by atoms with E-state index in [0.29, 0.717) is 18.2 Å². The summed E-state index contributed by atoms with van der Waals surface area (Å²) in [4.78, 5) is 21.7. The van der Waals surface area contributed by atoms with Gasteiger partial charge in [-0.2, -0.15) is 0 Å². The standard InChI is InChI=1S/C24H24N4O4S/c1-14-4-6-17(20(10-14)30-3)23-25-15(2)22(33-23)27-24(29)32-12-16-5-7-19-18(11-16)26-21-13-31-9-8-28(19)21/h4-7,10-11H,8-9,12-13H2,1-3H3,(H,27,29). The van der Waals surface area contributed by atoms with Gasteiger partial charge < -0.3 is 18.8 Å². The third-order valence-electron chi connectivity index (χ3n) is 5.55. The van der Waals surface area contributed by atoms with Crippen molar-refractivity contribution in [3.8, 4) is 16.3 Å². The highest BCUT2D eigenvalue weighted by atomic mass is 32.1. The van der Waals surface area contributed by atoms with Gasteiger partial charge in [-0.3, -0.25) is 5.32 Å². The second-order valence-electron chi connectivity index (χ2n) is 7.89. The lowest BCUT2D eigenvalue weighted by Gasteiger charge is -2.14. The molecule has 1 N–H and O–H groups in total. The lowest BCUT2D eigenvalue weighted by molar-refractivity contribution is 0.0830. The lowest BCUT2D eigenvalue weighted by Crippen LogP contribution is -2.16. The first-order valence-electron chi connectivity index (χ1n) is 10.6. The normalized spacial score (nSPS) is 13.1. The summed E-state index contributed by atoms with van der Waals surface area (Å²) in [6.07, 6.45) is -0.526. The van der Waals surface area contributed by atoms with Crippen LogP contribution in [0.4, 0.5) is 9.80 Å². The van der Waals surface area contributed by atoms with Gasteiger partial charge in [0, 0.05) is 6.54 Å². The molecular formula is C24H24N4O4S. The summed E-state index contributed by atoms with van der Waals surface area (Å²) in [5.41, 5.74) is 5.54. The Morgan fingerprint density at radius 2 is 2.09 bits per heavy atom. The Labute approximate surface area is 195 Å². The third kappa shape index (κ3) is 4.29. The molecule has 33 heavy (non-hydrogen) atoms. The summed E-state index contributed by atoms with van der Waals surface area (Å²) in [7, 11) is 1.64. The number of hydrogen-bond acceptors (Lipinski definition) is 7. The van der Waals surface area contributed by atoms with Gasteiger partial charge in [0.25, 0.3) is 0 Å². The Balaban J connectivity index is 1.26. The number of fused-ring (bicyclic) bond motifs is 3. The maximum atomic E-state index is 12.5. The highest BCUT2D eigenvalue weighted by Crippen LogP contribution is 2.37. The number of ether oxygens (including phenoxy) is 3. The molecule has 0 saturated carbocycles. The number of methoxy groups -OCH3 is 1. The van der Waals surface area contributed by atoms with Crippen LogP contribution in [0.3, 0.4) is 0 Å². The predicted octanol–water partition coefficient (Wildman–Crippen LogP) is 5.06. The number of benzene rings is 2. The molecule has 170 valence electrons. The lowest BCUT2D eigenvalue weighted by atomic mass is 10.1. The van der Waals surface area contributed by atoms with E-state index in [1.165, 1.54) is 11.3 Å². The van der Waals surface area contributed by atoms with Crippen molar-refractivity contribution in [2.24, 2.45) is 0 Å². The first kappa shape index (κ1) is 21.4. The Bertz CT molecular complexity index is 1340. The van der Waals surface area contributed by atoms with Crippen LogP contribution < -0.4 is 10.1 Å². The van der Waals surface area contributed by atoms with Crippen molar-refractivity contribution < 1.29 is 19.0 Å². The van der Waals surface area contributed by atoms with Gasteiger partial charge in [0.2, 0.25) is 0 Å². The fraction of sp³-hybridized carbons (Fsp3) is 0.292. The van der Waals surface area contributed by atoms with Crippen molar-refractivity contribution in [1.82, 2.24) is 14.5 Å². The summed E-state index contributed by atoms with van der Waals surface area (Å²) in [6, 6.07) is 11.9. The van der Waals surface area contributed by atoms with E-state index in [2.05, 4.69) is 19.9 Å². The molecule has 0 saturated heterocycles. The number of hydrogen-bond donors (Lipinski definition) is 1. The largest absolute Gasteiger partial charge is 0.496 e.